The van der Waals surface area contributed by atoms with Crippen LogP contribution in [-0.4, -0.2) is 73.6 Å². The summed E-state index contributed by atoms with van der Waals surface area (Å²) in [6.45, 7) is 9.50. The number of para-hydroxylation sites is 1. The van der Waals surface area contributed by atoms with Gasteiger partial charge in [-0.05, 0) is 36.8 Å². The lowest BCUT2D eigenvalue weighted by molar-refractivity contribution is -0.125. The largest absolute Gasteiger partial charge is 0.391 e. The number of benzene rings is 1. The highest BCUT2D eigenvalue weighted by Gasteiger charge is 2.36. The number of amides is 3. The van der Waals surface area contributed by atoms with Gasteiger partial charge in [0.25, 0.3) is 0 Å². The number of thioether (sulfide) groups is 1. The lowest BCUT2D eigenvalue weighted by Gasteiger charge is -2.36. The summed E-state index contributed by atoms with van der Waals surface area (Å²) in [6.07, 6.45) is 1.94. The molecule has 1 aliphatic rings. The number of anilines is 1. The Kier molecular flexibility index (Phi) is 13.0. The number of nitrogens with zero attached hydrogens (tertiary/aromatic N) is 1. The molecular weight excluding hydrogens is 504 g/mol. The standard InChI is InChI=1S/C28H46N4O5S/c1-6-7-12-30-26(35)19(2)15-22(33)20(29)16-28(3,4)17-25(34)32-18-24(27(36)31-13-14-37-5)38-23-11-9-8-10-21(23)32/h8-11,19-20,22,24,33H,6-7,12-18,29H2,1-5H3,(H,30,35)(H,31,36)/t19-,20+,22+,24-/m1/s1. The molecule has 10 heteroatoms. The van der Waals surface area contributed by atoms with E-state index < -0.39 is 22.8 Å². The van der Waals surface area contributed by atoms with Crippen molar-refractivity contribution in [3.63, 3.8) is 0 Å². The van der Waals surface area contributed by atoms with E-state index in [1.165, 1.54) is 11.8 Å². The molecule has 3 amide bonds. The van der Waals surface area contributed by atoms with E-state index in [-0.39, 0.29) is 43.0 Å². The van der Waals surface area contributed by atoms with Gasteiger partial charge in [0.15, 0.2) is 0 Å². The van der Waals surface area contributed by atoms with Crippen molar-refractivity contribution in [3.05, 3.63) is 24.3 Å². The van der Waals surface area contributed by atoms with Crippen LogP contribution < -0.4 is 21.3 Å². The number of ether oxygens (including phenoxy) is 1. The van der Waals surface area contributed by atoms with Crippen molar-refractivity contribution in [1.82, 2.24) is 10.6 Å². The molecule has 214 valence electrons. The first-order valence-electron chi connectivity index (χ1n) is 13.5. The number of unbranched alkanes of at least 4 members (excludes halogenated alkanes) is 1. The number of carbonyl (C=O) groups is 3. The van der Waals surface area contributed by atoms with Gasteiger partial charge in [-0.1, -0.05) is 46.2 Å². The quantitative estimate of drug-likeness (QED) is 0.247. The molecule has 4 atom stereocenters. The third-order valence-electron chi connectivity index (χ3n) is 6.76. The van der Waals surface area contributed by atoms with Crippen molar-refractivity contribution in [2.45, 2.75) is 82.1 Å². The highest BCUT2D eigenvalue weighted by Crippen LogP contribution is 2.40. The second-order valence-electron chi connectivity index (χ2n) is 10.9. The van der Waals surface area contributed by atoms with Crippen molar-refractivity contribution in [1.29, 1.82) is 0 Å². The third kappa shape index (κ3) is 9.87. The molecule has 9 nitrogen and oxygen atoms in total. The summed E-state index contributed by atoms with van der Waals surface area (Å²) < 4.78 is 5.02. The van der Waals surface area contributed by atoms with Gasteiger partial charge >= 0.3 is 0 Å². The van der Waals surface area contributed by atoms with Crippen LogP contribution in [0.4, 0.5) is 5.69 Å². The van der Waals surface area contributed by atoms with E-state index in [9.17, 15) is 19.5 Å². The van der Waals surface area contributed by atoms with Gasteiger partial charge < -0.3 is 31.1 Å². The molecule has 0 saturated heterocycles. The monoisotopic (exact) mass is 550 g/mol. The molecule has 1 aromatic carbocycles. The van der Waals surface area contributed by atoms with Gasteiger partial charge in [-0.15, -0.1) is 11.8 Å². The number of aliphatic hydroxyl groups excluding tert-OH is 1. The number of nitrogens with one attached hydrogen (secondary N) is 2. The molecule has 38 heavy (non-hydrogen) atoms. The first-order valence-corrected chi connectivity index (χ1v) is 14.4. The molecule has 0 aromatic heterocycles. The van der Waals surface area contributed by atoms with Gasteiger partial charge in [0, 0.05) is 50.0 Å². The number of methoxy groups -OCH3 is 1. The Morgan fingerprint density at radius 2 is 1.95 bits per heavy atom. The van der Waals surface area contributed by atoms with E-state index >= 15 is 0 Å². The molecule has 2 rings (SSSR count). The average molecular weight is 551 g/mol. The van der Waals surface area contributed by atoms with Gasteiger partial charge in [-0.3, -0.25) is 14.4 Å². The van der Waals surface area contributed by atoms with Crippen molar-refractivity contribution < 1.29 is 24.2 Å². The zero-order valence-electron chi connectivity index (χ0n) is 23.5. The number of carbonyl (C=O) groups excluding carboxylic acids is 3. The fourth-order valence-electron chi connectivity index (χ4n) is 4.55. The maximum absolute atomic E-state index is 13.6. The fraction of sp³-hybridized carbons (Fsp3) is 0.679. The van der Waals surface area contributed by atoms with Crippen LogP contribution in [0.3, 0.4) is 0 Å². The van der Waals surface area contributed by atoms with Crippen LogP contribution in [0, 0.1) is 11.3 Å². The molecule has 0 unspecified atom stereocenters. The smallest absolute Gasteiger partial charge is 0.235 e. The Bertz CT molecular complexity index is 928. The van der Waals surface area contributed by atoms with E-state index in [0.29, 0.717) is 26.1 Å². The van der Waals surface area contributed by atoms with Gasteiger partial charge in [0.2, 0.25) is 17.7 Å². The first kappa shape index (κ1) is 32.1. The van der Waals surface area contributed by atoms with E-state index in [2.05, 4.69) is 17.6 Å². The molecule has 1 heterocycles. The highest BCUT2D eigenvalue weighted by molar-refractivity contribution is 8.00. The SMILES string of the molecule is CCCCNC(=O)[C@H](C)C[C@H](O)[C@@H](N)CC(C)(C)CC(=O)N1C[C@H](C(=O)NCCOC)Sc2ccccc21. The highest BCUT2D eigenvalue weighted by atomic mass is 32.2. The summed E-state index contributed by atoms with van der Waals surface area (Å²) >= 11 is 1.46. The van der Waals surface area contributed by atoms with Crippen LogP contribution in [-0.2, 0) is 19.1 Å². The molecule has 0 spiro atoms. The number of hydrogen-bond donors (Lipinski definition) is 4. The second-order valence-corrected chi connectivity index (χ2v) is 12.2. The van der Waals surface area contributed by atoms with E-state index in [0.717, 1.165) is 23.4 Å². The maximum atomic E-state index is 13.6. The minimum atomic E-state index is -0.858. The van der Waals surface area contributed by atoms with Crippen molar-refractivity contribution in [3.8, 4) is 0 Å². The first-order chi connectivity index (χ1) is 18.0. The summed E-state index contributed by atoms with van der Waals surface area (Å²) in [6, 6.07) is 7.03. The number of hydrogen-bond acceptors (Lipinski definition) is 7. The zero-order chi connectivity index (χ0) is 28.3. The minimum absolute atomic E-state index is 0.0819. The van der Waals surface area contributed by atoms with Crippen LogP contribution in [0.1, 0.15) is 59.8 Å². The number of nitrogens with two attached hydrogens (primary N) is 1. The number of rotatable bonds is 15. The van der Waals surface area contributed by atoms with E-state index in [1.807, 2.05) is 38.1 Å². The van der Waals surface area contributed by atoms with E-state index in [1.54, 1.807) is 18.9 Å². The average Bonchev–Trinajstić information content (AvgIpc) is 2.87. The minimum Gasteiger partial charge on any atom is -0.391 e. The summed E-state index contributed by atoms with van der Waals surface area (Å²) in [5.41, 5.74) is 6.65. The molecule has 0 aliphatic carbocycles. The fourth-order valence-corrected chi connectivity index (χ4v) is 5.73. The van der Waals surface area contributed by atoms with Crippen molar-refractivity contribution in [2.75, 3.05) is 38.3 Å². The Labute approximate surface area is 231 Å². The van der Waals surface area contributed by atoms with Crippen LogP contribution in [0.5, 0.6) is 0 Å². The second kappa shape index (κ2) is 15.5. The van der Waals surface area contributed by atoms with Crippen LogP contribution in [0.25, 0.3) is 0 Å². The van der Waals surface area contributed by atoms with Gasteiger partial charge in [0.1, 0.15) is 5.25 Å². The molecule has 0 bridgehead atoms. The molecule has 5 N–H and O–H groups in total. The molecule has 1 aliphatic heterocycles. The van der Waals surface area contributed by atoms with Crippen LogP contribution >= 0.6 is 11.8 Å². The zero-order valence-corrected chi connectivity index (χ0v) is 24.3. The summed E-state index contributed by atoms with van der Waals surface area (Å²) in [5, 5.41) is 16.1. The molecule has 0 fully saturated rings. The Balaban J connectivity index is 2.00. The molecule has 1 aromatic rings. The van der Waals surface area contributed by atoms with E-state index in [4.69, 9.17) is 10.5 Å². The normalized spacial score (nSPS) is 17.8. The van der Waals surface area contributed by atoms with Crippen LogP contribution in [0.15, 0.2) is 29.2 Å². The molecular formula is C28H46N4O5S. The van der Waals surface area contributed by atoms with Crippen molar-refractivity contribution >= 4 is 35.2 Å². The third-order valence-corrected chi connectivity index (χ3v) is 8.00. The van der Waals surface area contributed by atoms with Gasteiger partial charge in [-0.25, -0.2) is 0 Å². The van der Waals surface area contributed by atoms with Gasteiger partial charge in [-0.2, -0.15) is 0 Å². The maximum Gasteiger partial charge on any atom is 0.235 e. The predicted molar refractivity (Wildman–Crippen MR) is 152 cm³/mol. The Morgan fingerprint density at radius 3 is 2.63 bits per heavy atom. The van der Waals surface area contributed by atoms with Gasteiger partial charge in [0.05, 0.1) is 18.4 Å². The number of aliphatic hydroxyl groups is 1. The molecule has 0 saturated carbocycles. The predicted octanol–water partition coefficient (Wildman–Crippen LogP) is 2.69. The summed E-state index contributed by atoms with van der Waals surface area (Å²) in [4.78, 5) is 41.2. The molecule has 0 radical (unpaired) electrons. The summed E-state index contributed by atoms with van der Waals surface area (Å²) in [5.74, 6) is -0.659. The summed E-state index contributed by atoms with van der Waals surface area (Å²) in [7, 11) is 1.58. The lowest BCUT2D eigenvalue weighted by Crippen LogP contribution is -2.48. The number of fused-ring (bicyclic) bond motifs is 1. The van der Waals surface area contributed by atoms with Crippen molar-refractivity contribution in [2.24, 2.45) is 17.1 Å². The Morgan fingerprint density at radius 1 is 1.24 bits per heavy atom. The van der Waals surface area contributed by atoms with Crippen LogP contribution in [0.2, 0.25) is 0 Å². The topological polar surface area (TPSA) is 134 Å². The lowest BCUT2D eigenvalue weighted by atomic mass is 9.80. The Hall–Kier alpha value is -2.14.